The van der Waals surface area contributed by atoms with Crippen molar-refractivity contribution in [3.63, 3.8) is 0 Å². The van der Waals surface area contributed by atoms with E-state index in [1.165, 1.54) is 32.4 Å². The van der Waals surface area contributed by atoms with Gasteiger partial charge >= 0.3 is 0 Å². The molecule has 1 aliphatic rings. The minimum absolute atomic E-state index is 0.0263. The fourth-order valence-corrected chi connectivity index (χ4v) is 2.45. The van der Waals surface area contributed by atoms with Crippen molar-refractivity contribution in [2.45, 2.75) is 39.2 Å². The van der Waals surface area contributed by atoms with Crippen LogP contribution in [0.15, 0.2) is 23.1 Å². The Morgan fingerprint density at radius 1 is 1.21 bits per heavy atom. The smallest absolute Gasteiger partial charge is 0.251 e. The maximum atomic E-state index is 11.6. The van der Waals surface area contributed by atoms with Gasteiger partial charge in [0.15, 0.2) is 0 Å². The zero-order valence-corrected chi connectivity index (χ0v) is 12.0. The Bertz CT molecular complexity index is 448. The van der Waals surface area contributed by atoms with Crippen LogP contribution in [0.2, 0.25) is 0 Å². The van der Waals surface area contributed by atoms with Crippen molar-refractivity contribution in [1.82, 2.24) is 9.47 Å². The first-order valence-corrected chi connectivity index (χ1v) is 7.24. The van der Waals surface area contributed by atoms with Gasteiger partial charge in [-0.3, -0.25) is 9.69 Å². The van der Waals surface area contributed by atoms with E-state index in [2.05, 4.69) is 4.90 Å². The quantitative estimate of drug-likeness (QED) is 0.818. The average Bonchev–Trinajstić information content (AvgIpc) is 2.41. The molecule has 0 aliphatic carbocycles. The van der Waals surface area contributed by atoms with Crippen LogP contribution in [-0.2, 0) is 0 Å². The molecule has 1 aliphatic heterocycles. The lowest BCUT2D eigenvalue weighted by molar-refractivity contribution is 0.182. The van der Waals surface area contributed by atoms with Crippen LogP contribution in [0.3, 0.4) is 0 Å². The number of hydrogen-bond donors (Lipinski definition) is 0. The average molecular weight is 264 g/mol. The number of hydrogen-bond acceptors (Lipinski definition) is 3. The van der Waals surface area contributed by atoms with E-state index in [0.717, 1.165) is 12.3 Å². The standard InChI is InChI=1S/C15H24N2O2/c1-13(2)17-12-14(6-7-15(17)18)19-11-10-16-8-4-3-5-9-16/h6-7,12-13H,3-5,8-11H2,1-2H3. The Balaban J connectivity index is 1.85. The van der Waals surface area contributed by atoms with Gasteiger partial charge in [-0.1, -0.05) is 6.42 Å². The molecular weight excluding hydrogens is 240 g/mol. The number of nitrogens with zero attached hydrogens (tertiary/aromatic N) is 2. The molecular formula is C15H24N2O2. The number of rotatable bonds is 5. The predicted octanol–water partition coefficient (Wildman–Crippen LogP) is 2.29. The van der Waals surface area contributed by atoms with Crippen molar-refractivity contribution in [3.8, 4) is 5.75 Å². The molecule has 1 aromatic heterocycles. The second-order valence-electron chi connectivity index (χ2n) is 5.45. The van der Waals surface area contributed by atoms with E-state index in [9.17, 15) is 4.79 Å². The Morgan fingerprint density at radius 2 is 1.95 bits per heavy atom. The molecule has 0 radical (unpaired) electrons. The third kappa shape index (κ3) is 4.10. The van der Waals surface area contributed by atoms with Crippen molar-refractivity contribution in [2.75, 3.05) is 26.2 Å². The molecule has 1 aromatic rings. The Kier molecular flexibility index (Phi) is 5.02. The number of likely N-dealkylation sites (tertiary alicyclic amines) is 1. The first-order valence-electron chi connectivity index (χ1n) is 7.24. The normalized spacial score (nSPS) is 16.8. The molecule has 4 heteroatoms. The van der Waals surface area contributed by atoms with Crippen molar-refractivity contribution in [3.05, 3.63) is 28.7 Å². The van der Waals surface area contributed by atoms with Crippen molar-refractivity contribution < 1.29 is 4.74 Å². The molecule has 4 nitrogen and oxygen atoms in total. The molecule has 1 saturated heterocycles. The summed E-state index contributed by atoms with van der Waals surface area (Å²) in [6, 6.07) is 3.51. The SMILES string of the molecule is CC(C)n1cc(OCCN2CCCCC2)ccc1=O. The van der Waals surface area contributed by atoms with E-state index in [4.69, 9.17) is 4.74 Å². The molecule has 0 bridgehead atoms. The highest BCUT2D eigenvalue weighted by atomic mass is 16.5. The lowest BCUT2D eigenvalue weighted by atomic mass is 10.1. The fourth-order valence-electron chi connectivity index (χ4n) is 2.45. The summed E-state index contributed by atoms with van der Waals surface area (Å²) in [5.74, 6) is 0.783. The van der Waals surface area contributed by atoms with Crippen LogP contribution in [0.4, 0.5) is 0 Å². The number of ether oxygens (including phenoxy) is 1. The van der Waals surface area contributed by atoms with E-state index in [-0.39, 0.29) is 11.6 Å². The lowest BCUT2D eigenvalue weighted by Gasteiger charge is -2.26. The Morgan fingerprint density at radius 3 is 2.63 bits per heavy atom. The van der Waals surface area contributed by atoms with E-state index < -0.39 is 0 Å². The second kappa shape index (κ2) is 6.75. The Hall–Kier alpha value is -1.29. The summed E-state index contributed by atoms with van der Waals surface area (Å²) in [6.45, 7) is 8.04. The van der Waals surface area contributed by atoms with Crippen molar-refractivity contribution in [1.29, 1.82) is 0 Å². The molecule has 0 spiro atoms. The van der Waals surface area contributed by atoms with Crippen molar-refractivity contribution >= 4 is 0 Å². The molecule has 0 amide bonds. The minimum atomic E-state index is 0.0263. The largest absolute Gasteiger partial charge is 0.491 e. The molecule has 2 heterocycles. The van der Waals surface area contributed by atoms with Gasteiger partial charge in [0, 0.05) is 24.8 Å². The van der Waals surface area contributed by atoms with Crippen LogP contribution in [-0.4, -0.2) is 35.7 Å². The number of pyridine rings is 1. The molecule has 0 N–H and O–H groups in total. The summed E-state index contributed by atoms with van der Waals surface area (Å²) in [7, 11) is 0. The van der Waals surface area contributed by atoms with Gasteiger partial charge in [-0.15, -0.1) is 0 Å². The van der Waals surface area contributed by atoms with Gasteiger partial charge < -0.3 is 9.30 Å². The topological polar surface area (TPSA) is 34.5 Å². The second-order valence-corrected chi connectivity index (χ2v) is 5.45. The first kappa shape index (κ1) is 14.1. The zero-order chi connectivity index (χ0) is 13.7. The summed E-state index contributed by atoms with van der Waals surface area (Å²) in [5, 5.41) is 0. The predicted molar refractivity (Wildman–Crippen MR) is 76.9 cm³/mol. The zero-order valence-electron chi connectivity index (χ0n) is 12.0. The van der Waals surface area contributed by atoms with Gasteiger partial charge in [-0.25, -0.2) is 0 Å². The summed E-state index contributed by atoms with van der Waals surface area (Å²) in [6.07, 6.45) is 5.77. The molecule has 0 unspecified atom stereocenters. The monoisotopic (exact) mass is 264 g/mol. The van der Waals surface area contributed by atoms with Gasteiger partial charge in [0.05, 0.1) is 0 Å². The minimum Gasteiger partial charge on any atom is -0.491 e. The van der Waals surface area contributed by atoms with Gasteiger partial charge in [0.1, 0.15) is 12.4 Å². The maximum Gasteiger partial charge on any atom is 0.251 e. The van der Waals surface area contributed by atoms with E-state index >= 15 is 0 Å². The van der Waals surface area contributed by atoms with Crippen LogP contribution in [0.25, 0.3) is 0 Å². The van der Waals surface area contributed by atoms with Gasteiger partial charge in [0.25, 0.3) is 5.56 Å². The van der Waals surface area contributed by atoms with E-state index in [1.807, 2.05) is 20.0 Å². The summed E-state index contributed by atoms with van der Waals surface area (Å²) in [4.78, 5) is 14.1. The molecule has 1 fully saturated rings. The van der Waals surface area contributed by atoms with Crippen LogP contribution in [0.5, 0.6) is 5.75 Å². The third-order valence-electron chi connectivity index (χ3n) is 3.59. The molecule has 0 atom stereocenters. The molecule has 106 valence electrons. The van der Waals surface area contributed by atoms with Crippen LogP contribution in [0, 0.1) is 0 Å². The lowest BCUT2D eigenvalue weighted by Crippen LogP contribution is -2.33. The molecule has 2 rings (SSSR count). The van der Waals surface area contributed by atoms with Gasteiger partial charge in [0.2, 0.25) is 0 Å². The summed E-state index contributed by atoms with van der Waals surface area (Å²) < 4.78 is 7.46. The highest BCUT2D eigenvalue weighted by Gasteiger charge is 2.09. The van der Waals surface area contributed by atoms with Crippen LogP contribution < -0.4 is 10.3 Å². The number of piperidine rings is 1. The molecule has 19 heavy (non-hydrogen) atoms. The molecule has 0 aromatic carbocycles. The van der Waals surface area contributed by atoms with Crippen LogP contribution >= 0.6 is 0 Å². The molecule has 0 saturated carbocycles. The van der Waals surface area contributed by atoms with Gasteiger partial charge in [-0.05, 0) is 45.8 Å². The summed E-state index contributed by atoms with van der Waals surface area (Å²) in [5.41, 5.74) is 0.0263. The third-order valence-corrected chi connectivity index (χ3v) is 3.59. The maximum absolute atomic E-state index is 11.6. The highest BCUT2D eigenvalue weighted by molar-refractivity contribution is 5.17. The first-order chi connectivity index (χ1) is 9.16. The van der Waals surface area contributed by atoms with Crippen LogP contribution in [0.1, 0.15) is 39.2 Å². The van der Waals surface area contributed by atoms with Gasteiger partial charge in [-0.2, -0.15) is 0 Å². The Labute approximate surface area is 115 Å². The summed E-state index contributed by atoms with van der Waals surface area (Å²) >= 11 is 0. The van der Waals surface area contributed by atoms with E-state index in [0.29, 0.717) is 6.61 Å². The highest BCUT2D eigenvalue weighted by Crippen LogP contribution is 2.11. The number of aromatic nitrogens is 1. The van der Waals surface area contributed by atoms with E-state index in [1.54, 1.807) is 16.7 Å². The fraction of sp³-hybridized carbons (Fsp3) is 0.667. The van der Waals surface area contributed by atoms with Crippen molar-refractivity contribution in [2.24, 2.45) is 0 Å².